The molecule has 3 rings (SSSR count). The zero-order valence-corrected chi connectivity index (χ0v) is 17.3. The fraction of sp³-hybridized carbons (Fsp3) is 0.476. The molecule has 1 aromatic carbocycles. The number of anilines is 1. The Morgan fingerprint density at radius 1 is 1.26 bits per heavy atom. The third-order valence-electron chi connectivity index (χ3n) is 5.54. The van der Waals surface area contributed by atoms with Gasteiger partial charge in [-0.3, -0.25) is 34.2 Å². The number of rotatable bonds is 10. The summed E-state index contributed by atoms with van der Waals surface area (Å²) < 4.78 is 5.53. The van der Waals surface area contributed by atoms with E-state index in [1.54, 1.807) is 12.1 Å². The van der Waals surface area contributed by atoms with E-state index in [0.717, 1.165) is 4.90 Å². The van der Waals surface area contributed by atoms with Gasteiger partial charge in [0.15, 0.2) is 0 Å². The van der Waals surface area contributed by atoms with Crippen LogP contribution in [0.4, 0.5) is 5.69 Å². The van der Waals surface area contributed by atoms with Gasteiger partial charge < -0.3 is 15.8 Å². The molecule has 10 nitrogen and oxygen atoms in total. The van der Waals surface area contributed by atoms with E-state index in [1.165, 1.54) is 6.07 Å². The van der Waals surface area contributed by atoms with Crippen molar-refractivity contribution in [2.24, 2.45) is 11.7 Å². The Balaban J connectivity index is 1.60. The highest BCUT2D eigenvalue weighted by atomic mass is 16.5. The van der Waals surface area contributed by atoms with E-state index in [9.17, 15) is 24.0 Å². The van der Waals surface area contributed by atoms with Crippen LogP contribution in [0.1, 0.15) is 53.3 Å². The van der Waals surface area contributed by atoms with Crippen molar-refractivity contribution < 1.29 is 28.7 Å². The zero-order valence-electron chi connectivity index (χ0n) is 17.3. The summed E-state index contributed by atoms with van der Waals surface area (Å²) in [6.07, 6.45) is 1.38. The van der Waals surface area contributed by atoms with Gasteiger partial charge in [-0.25, -0.2) is 0 Å². The van der Waals surface area contributed by atoms with Gasteiger partial charge in [0, 0.05) is 31.2 Å². The minimum atomic E-state index is -1.00. The number of hydrogen-bond acceptors (Lipinski definition) is 7. The van der Waals surface area contributed by atoms with Gasteiger partial charge in [-0.05, 0) is 31.4 Å². The van der Waals surface area contributed by atoms with E-state index in [-0.39, 0.29) is 35.8 Å². The average molecular weight is 430 g/mol. The van der Waals surface area contributed by atoms with Crippen LogP contribution in [0.2, 0.25) is 0 Å². The van der Waals surface area contributed by atoms with Gasteiger partial charge in [0.2, 0.25) is 17.7 Å². The third kappa shape index (κ3) is 4.74. The molecule has 0 saturated carbocycles. The van der Waals surface area contributed by atoms with Crippen molar-refractivity contribution in [3.05, 3.63) is 29.3 Å². The minimum absolute atomic E-state index is 0.0703. The third-order valence-corrected chi connectivity index (χ3v) is 5.54. The first-order valence-corrected chi connectivity index (χ1v) is 10.3. The van der Waals surface area contributed by atoms with E-state index in [1.807, 2.05) is 6.92 Å². The van der Waals surface area contributed by atoms with Gasteiger partial charge in [0.1, 0.15) is 6.04 Å². The van der Waals surface area contributed by atoms with Crippen LogP contribution in [0, 0.1) is 5.92 Å². The first-order chi connectivity index (χ1) is 14.8. The molecule has 0 aliphatic carbocycles. The number of carbonyl (C=O) groups excluding carboxylic acids is 5. The number of piperidine rings is 1. The lowest BCUT2D eigenvalue weighted by Gasteiger charge is -2.27. The number of benzene rings is 1. The van der Waals surface area contributed by atoms with Gasteiger partial charge in [-0.1, -0.05) is 13.0 Å². The predicted molar refractivity (Wildman–Crippen MR) is 110 cm³/mol. The van der Waals surface area contributed by atoms with Gasteiger partial charge >= 0.3 is 0 Å². The number of primary amides is 1. The van der Waals surface area contributed by atoms with Crippen LogP contribution in [-0.4, -0.2) is 60.2 Å². The van der Waals surface area contributed by atoms with Crippen molar-refractivity contribution in [1.29, 1.82) is 0 Å². The number of amides is 5. The Hall–Kier alpha value is -3.27. The molecule has 0 spiro atoms. The van der Waals surface area contributed by atoms with Gasteiger partial charge in [0.25, 0.3) is 11.8 Å². The summed E-state index contributed by atoms with van der Waals surface area (Å²) in [7, 11) is 0. The molecule has 10 heteroatoms. The standard InChI is InChI=1S/C21H26N4O6/c1-2-12(18(22)27)8-10-31-11-9-23-14-5-3-4-13-17(14)21(30)25(20(13)29)15-6-7-16(26)24-19(15)28/h3-5,12,15,23H,2,6-11H2,1H3,(H2,22,27)(H,24,26,28). The van der Waals surface area contributed by atoms with Crippen LogP contribution in [0.25, 0.3) is 0 Å². The second-order valence-corrected chi connectivity index (χ2v) is 7.51. The average Bonchev–Trinajstić information content (AvgIpc) is 2.98. The summed E-state index contributed by atoms with van der Waals surface area (Å²) in [5, 5.41) is 5.27. The molecule has 2 aliphatic heterocycles. The smallest absolute Gasteiger partial charge is 0.264 e. The van der Waals surface area contributed by atoms with E-state index < -0.39 is 29.7 Å². The maximum absolute atomic E-state index is 13.0. The maximum atomic E-state index is 13.0. The summed E-state index contributed by atoms with van der Waals surface area (Å²) in [5.41, 5.74) is 6.20. The fourth-order valence-corrected chi connectivity index (χ4v) is 3.80. The Kier molecular flexibility index (Phi) is 7.01. The van der Waals surface area contributed by atoms with E-state index >= 15 is 0 Å². The molecular weight excluding hydrogens is 404 g/mol. The minimum Gasteiger partial charge on any atom is -0.382 e. The van der Waals surface area contributed by atoms with Gasteiger partial charge in [-0.15, -0.1) is 0 Å². The van der Waals surface area contributed by atoms with Gasteiger partial charge in [0.05, 0.1) is 17.7 Å². The highest BCUT2D eigenvalue weighted by Crippen LogP contribution is 2.32. The number of nitrogens with one attached hydrogen (secondary N) is 2. The SMILES string of the molecule is CCC(CCOCCNc1cccc2c1C(=O)N(C1CCC(=O)NC1=O)C2=O)C(N)=O. The molecule has 166 valence electrons. The number of nitrogens with two attached hydrogens (primary N) is 1. The van der Waals surface area contributed by atoms with Crippen molar-refractivity contribution in [2.45, 2.75) is 38.6 Å². The molecular formula is C21H26N4O6. The summed E-state index contributed by atoms with van der Waals surface area (Å²) in [6.45, 7) is 2.99. The maximum Gasteiger partial charge on any atom is 0.264 e. The molecule has 1 fully saturated rings. The van der Waals surface area contributed by atoms with Crippen molar-refractivity contribution >= 4 is 35.2 Å². The largest absolute Gasteiger partial charge is 0.382 e. The lowest BCUT2D eigenvalue weighted by molar-refractivity contribution is -0.136. The topological polar surface area (TPSA) is 148 Å². The molecule has 0 radical (unpaired) electrons. The molecule has 5 amide bonds. The van der Waals surface area contributed by atoms with Crippen LogP contribution < -0.4 is 16.4 Å². The molecule has 2 heterocycles. The van der Waals surface area contributed by atoms with Crippen molar-refractivity contribution in [3.63, 3.8) is 0 Å². The summed E-state index contributed by atoms with van der Waals surface area (Å²) in [5.74, 6) is -2.73. The Morgan fingerprint density at radius 3 is 2.71 bits per heavy atom. The van der Waals surface area contributed by atoms with Crippen LogP contribution in [0.15, 0.2) is 18.2 Å². The van der Waals surface area contributed by atoms with E-state index in [0.29, 0.717) is 38.3 Å². The summed E-state index contributed by atoms with van der Waals surface area (Å²) in [6, 6.07) is 3.87. The van der Waals surface area contributed by atoms with E-state index in [4.69, 9.17) is 10.5 Å². The van der Waals surface area contributed by atoms with Crippen LogP contribution >= 0.6 is 0 Å². The molecule has 1 aromatic rings. The lowest BCUT2D eigenvalue weighted by atomic mass is 10.0. The van der Waals surface area contributed by atoms with E-state index in [2.05, 4.69) is 10.6 Å². The Morgan fingerprint density at radius 2 is 2.03 bits per heavy atom. The zero-order chi connectivity index (χ0) is 22.5. The van der Waals surface area contributed by atoms with Crippen molar-refractivity contribution in [2.75, 3.05) is 25.1 Å². The molecule has 1 saturated heterocycles. The fourth-order valence-electron chi connectivity index (χ4n) is 3.80. The first-order valence-electron chi connectivity index (χ1n) is 10.3. The molecule has 0 aromatic heterocycles. The quantitative estimate of drug-likeness (QED) is 0.360. The Labute approximate surface area is 179 Å². The second-order valence-electron chi connectivity index (χ2n) is 7.51. The number of ether oxygens (including phenoxy) is 1. The molecule has 2 atom stereocenters. The highest BCUT2D eigenvalue weighted by molar-refractivity contribution is 6.25. The predicted octanol–water partition coefficient (Wildman–Crippen LogP) is 0.418. The second kappa shape index (κ2) is 9.69. The number of fused-ring (bicyclic) bond motifs is 1. The lowest BCUT2D eigenvalue weighted by Crippen LogP contribution is -2.54. The highest BCUT2D eigenvalue weighted by Gasteiger charge is 2.45. The number of carbonyl (C=O) groups is 5. The molecule has 31 heavy (non-hydrogen) atoms. The van der Waals surface area contributed by atoms with Crippen molar-refractivity contribution in [3.8, 4) is 0 Å². The number of imide groups is 2. The normalized spacial score (nSPS) is 19.3. The summed E-state index contributed by atoms with van der Waals surface area (Å²) >= 11 is 0. The Bertz CT molecular complexity index is 915. The van der Waals surface area contributed by atoms with Crippen LogP contribution in [0.3, 0.4) is 0 Å². The summed E-state index contributed by atoms with van der Waals surface area (Å²) in [4.78, 5) is 61.5. The first kappa shape index (κ1) is 22.4. The number of hydrogen-bond donors (Lipinski definition) is 3. The monoisotopic (exact) mass is 430 g/mol. The molecule has 4 N–H and O–H groups in total. The van der Waals surface area contributed by atoms with Crippen molar-refractivity contribution in [1.82, 2.24) is 10.2 Å². The van der Waals surface area contributed by atoms with Gasteiger partial charge in [-0.2, -0.15) is 0 Å². The number of nitrogens with zero attached hydrogens (tertiary/aromatic N) is 1. The molecule has 2 unspecified atom stereocenters. The van der Waals surface area contributed by atoms with Crippen LogP contribution in [-0.2, 0) is 19.1 Å². The molecule has 0 bridgehead atoms. The van der Waals surface area contributed by atoms with Crippen LogP contribution in [0.5, 0.6) is 0 Å². The molecule has 2 aliphatic rings.